The molecular weight excluding hydrogens is 202 g/mol. The lowest BCUT2D eigenvalue weighted by molar-refractivity contribution is -0.389. The van der Waals surface area contributed by atoms with Crippen molar-refractivity contribution in [3.8, 4) is 11.8 Å². The van der Waals surface area contributed by atoms with Gasteiger partial charge >= 0.3 is 11.8 Å². The Balaban J connectivity index is 3.07. The van der Waals surface area contributed by atoms with E-state index in [4.69, 9.17) is 0 Å². The summed E-state index contributed by atoms with van der Waals surface area (Å²) < 4.78 is 4.26. The van der Waals surface area contributed by atoms with Crippen molar-refractivity contribution < 1.29 is 14.5 Å². The molecule has 1 rings (SSSR count). The van der Waals surface area contributed by atoms with E-state index in [2.05, 4.69) is 26.5 Å². The van der Waals surface area contributed by atoms with Gasteiger partial charge in [0, 0.05) is 12.8 Å². The summed E-state index contributed by atoms with van der Waals surface area (Å²) in [4.78, 5) is 26.7. The first kappa shape index (κ1) is 10.7. The molecule has 0 aliphatic carbocycles. The van der Waals surface area contributed by atoms with Crippen molar-refractivity contribution in [1.29, 1.82) is 0 Å². The maximum atomic E-state index is 10.7. The summed E-state index contributed by atoms with van der Waals surface area (Å²) in [7, 11) is 1.17. The molecule has 1 heterocycles. The van der Waals surface area contributed by atoms with Crippen molar-refractivity contribution in [2.45, 2.75) is 6.92 Å². The molecule has 0 aromatic carbocycles. The largest absolute Gasteiger partial charge is 0.459 e. The van der Waals surface area contributed by atoms with E-state index in [-0.39, 0.29) is 11.5 Å². The fourth-order valence-corrected chi connectivity index (χ4v) is 0.860. The number of carbonyl (C=O) groups is 1. The Morgan fingerprint density at radius 1 is 1.67 bits per heavy atom. The summed E-state index contributed by atoms with van der Waals surface area (Å²) in [5.41, 5.74) is -0.0806. The zero-order chi connectivity index (χ0) is 11.4. The number of aromatic amines is 1. The molecule has 0 fully saturated rings. The second-order valence-corrected chi connectivity index (χ2v) is 2.52. The van der Waals surface area contributed by atoms with E-state index in [1.165, 1.54) is 7.11 Å². The van der Waals surface area contributed by atoms with Gasteiger partial charge in [-0.25, -0.2) is 9.78 Å². The van der Waals surface area contributed by atoms with Gasteiger partial charge in [0.1, 0.15) is 0 Å². The van der Waals surface area contributed by atoms with Crippen LogP contribution in [0.3, 0.4) is 0 Å². The van der Waals surface area contributed by atoms with Crippen molar-refractivity contribution in [2.24, 2.45) is 0 Å². The average Bonchev–Trinajstić information content (AvgIpc) is 2.56. The van der Waals surface area contributed by atoms with Gasteiger partial charge in [0.05, 0.1) is 7.11 Å². The SMILES string of the molecule is COC(=O)C#Cc1nc(C)[nH]c1[N+](=O)[O-]. The Labute approximate surface area is 84.6 Å². The third kappa shape index (κ3) is 2.54. The van der Waals surface area contributed by atoms with Crippen LogP contribution in [-0.4, -0.2) is 28.0 Å². The first-order valence-electron chi connectivity index (χ1n) is 3.85. The second-order valence-electron chi connectivity index (χ2n) is 2.52. The van der Waals surface area contributed by atoms with Crippen molar-refractivity contribution >= 4 is 11.8 Å². The maximum absolute atomic E-state index is 10.7. The topological polar surface area (TPSA) is 98.1 Å². The van der Waals surface area contributed by atoms with Gasteiger partial charge in [-0.1, -0.05) is 0 Å². The summed E-state index contributed by atoms with van der Waals surface area (Å²) in [5, 5.41) is 10.5. The van der Waals surface area contributed by atoms with Crippen LogP contribution in [0.15, 0.2) is 0 Å². The predicted octanol–water partition coefficient (Wildman–Crippen LogP) is 0.151. The average molecular weight is 209 g/mol. The third-order valence-corrected chi connectivity index (χ3v) is 1.45. The Morgan fingerprint density at radius 2 is 2.33 bits per heavy atom. The van der Waals surface area contributed by atoms with Crippen LogP contribution < -0.4 is 0 Å². The van der Waals surface area contributed by atoms with E-state index in [1.807, 2.05) is 0 Å². The first-order chi connectivity index (χ1) is 7.04. The molecule has 0 saturated carbocycles. The van der Waals surface area contributed by atoms with E-state index >= 15 is 0 Å². The zero-order valence-electron chi connectivity index (χ0n) is 8.03. The minimum atomic E-state index is -0.773. The summed E-state index contributed by atoms with van der Waals surface area (Å²) in [5.74, 6) is 3.57. The highest BCUT2D eigenvalue weighted by Crippen LogP contribution is 2.12. The van der Waals surface area contributed by atoms with Crippen LogP contribution in [0.25, 0.3) is 0 Å². The molecule has 0 spiro atoms. The Bertz CT molecular complexity index is 466. The molecule has 0 bridgehead atoms. The molecular formula is C8H7N3O4. The highest BCUT2D eigenvalue weighted by Gasteiger charge is 2.15. The Morgan fingerprint density at radius 3 is 2.87 bits per heavy atom. The molecule has 0 radical (unpaired) electrons. The van der Waals surface area contributed by atoms with Crippen LogP contribution in [0.1, 0.15) is 11.5 Å². The molecule has 1 aromatic heterocycles. The summed E-state index contributed by atoms with van der Waals surface area (Å²) in [6, 6.07) is 0. The van der Waals surface area contributed by atoms with Crippen molar-refractivity contribution in [2.75, 3.05) is 7.11 Å². The van der Waals surface area contributed by atoms with Crippen LogP contribution in [0, 0.1) is 28.9 Å². The lowest BCUT2D eigenvalue weighted by Crippen LogP contribution is -1.95. The van der Waals surface area contributed by atoms with Crippen LogP contribution >= 0.6 is 0 Å². The van der Waals surface area contributed by atoms with E-state index < -0.39 is 10.9 Å². The van der Waals surface area contributed by atoms with Crippen LogP contribution in [-0.2, 0) is 9.53 Å². The number of hydrogen-bond acceptors (Lipinski definition) is 5. The number of H-pyrrole nitrogens is 1. The quantitative estimate of drug-likeness (QED) is 0.307. The Kier molecular flexibility index (Phi) is 3.03. The number of methoxy groups -OCH3 is 1. The van der Waals surface area contributed by atoms with Gasteiger partial charge in [-0.3, -0.25) is 0 Å². The van der Waals surface area contributed by atoms with E-state index in [0.29, 0.717) is 5.82 Å². The minimum Gasteiger partial charge on any atom is -0.459 e. The smallest absolute Gasteiger partial charge is 0.384 e. The number of esters is 1. The highest BCUT2D eigenvalue weighted by molar-refractivity contribution is 5.89. The molecule has 0 atom stereocenters. The highest BCUT2D eigenvalue weighted by atomic mass is 16.6. The normalized spacial score (nSPS) is 8.93. The number of aryl methyl sites for hydroxylation is 1. The lowest BCUT2D eigenvalue weighted by atomic mass is 10.4. The third-order valence-electron chi connectivity index (χ3n) is 1.45. The van der Waals surface area contributed by atoms with Gasteiger partial charge in [0.15, 0.2) is 5.82 Å². The number of ether oxygens (including phenoxy) is 1. The van der Waals surface area contributed by atoms with Gasteiger partial charge in [0.25, 0.3) is 0 Å². The van der Waals surface area contributed by atoms with E-state index in [0.717, 1.165) is 0 Å². The summed E-state index contributed by atoms with van der Waals surface area (Å²) in [6.45, 7) is 1.55. The van der Waals surface area contributed by atoms with Gasteiger partial charge < -0.3 is 14.9 Å². The van der Waals surface area contributed by atoms with Crippen LogP contribution in [0.2, 0.25) is 0 Å². The monoisotopic (exact) mass is 209 g/mol. The molecule has 1 N–H and O–H groups in total. The molecule has 7 nitrogen and oxygen atoms in total. The Hall–Kier alpha value is -2.36. The predicted molar refractivity (Wildman–Crippen MR) is 48.9 cm³/mol. The van der Waals surface area contributed by atoms with Crippen LogP contribution in [0.5, 0.6) is 0 Å². The molecule has 0 saturated heterocycles. The number of carbonyl (C=O) groups excluding carboxylic acids is 1. The number of nitrogens with zero attached hydrogens (tertiary/aromatic N) is 2. The maximum Gasteiger partial charge on any atom is 0.384 e. The summed E-state index contributed by atoms with van der Waals surface area (Å²) >= 11 is 0. The van der Waals surface area contributed by atoms with Gasteiger partial charge in [-0.15, -0.1) is 0 Å². The fraction of sp³-hybridized carbons (Fsp3) is 0.250. The fourth-order valence-electron chi connectivity index (χ4n) is 0.860. The molecule has 0 amide bonds. The number of aromatic nitrogens is 2. The van der Waals surface area contributed by atoms with Crippen molar-refractivity contribution in [1.82, 2.24) is 9.97 Å². The van der Waals surface area contributed by atoms with E-state index in [1.54, 1.807) is 6.92 Å². The number of rotatable bonds is 1. The van der Waals surface area contributed by atoms with Crippen LogP contribution in [0.4, 0.5) is 5.82 Å². The molecule has 1 aromatic rings. The number of nitro groups is 1. The molecule has 0 aliphatic heterocycles. The number of nitrogens with one attached hydrogen (secondary N) is 1. The molecule has 78 valence electrons. The molecule has 0 aliphatic rings. The van der Waals surface area contributed by atoms with Gasteiger partial charge in [-0.05, 0) is 10.8 Å². The van der Waals surface area contributed by atoms with Gasteiger partial charge in [0.2, 0.25) is 5.69 Å². The lowest BCUT2D eigenvalue weighted by Gasteiger charge is -1.88. The van der Waals surface area contributed by atoms with Crippen molar-refractivity contribution in [3.63, 3.8) is 0 Å². The number of imidazole rings is 1. The van der Waals surface area contributed by atoms with Gasteiger partial charge in [-0.2, -0.15) is 4.98 Å². The zero-order valence-corrected chi connectivity index (χ0v) is 8.03. The molecule has 15 heavy (non-hydrogen) atoms. The molecule has 0 unspecified atom stereocenters. The first-order valence-corrected chi connectivity index (χ1v) is 3.85. The molecule has 7 heteroatoms. The second kappa shape index (κ2) is 4.23. The summed E-state index contributed by atoms with van der Waals surface area (Å²) in [6.07, 6.45) is 0. The van der Waals surface area contributed by atoms with E-state index in [9.17, 15) is 14.9 Å². The number of hydrogen-bond donors (Lipinski definition) is 1. The standard InChI is InChI=1S/C8H7N3O4/c1-5-9-6(3-4-7(12)15-2)8(10-5)11(13)14/h1-2H3,(H,9,10). The van der Waals surface area contributed by atoms with Crippen molar-refractivity contribution in [3.05, 3.63) is 21.6 Å². The minimum absolute atomic E-state index is 0.0806.